The summed E-state index contributed by atoms with van der Waals surface area (Å²) in [4.78, 5) is 4.36. The first-order valence-corrected chi connectivity index (χ1v) is 3.88. The molecule has 1 fully saturated rings. The molecule has 0 spiro atoms. The van der Waals surface area contributed by atoms with Gasteiger partial charge in [-0.25, -0.2) is 0 Å². The molecule has 8 heavy (non-hydrogen) atoms. The van der Waals surface area contributed by atoms with Crippen molar-refractivity contribution in [1.29, 1.82) is 0 Å². The fourth-order valence-electron chi connectivity index (χ4n) is 1.32. The van der Waals surface area contributed by atoms with Gasteiger partial charge in [-0.3, -0.25) is 4.99 Å². The lowest BCUT2D eigenvalue weighted by molar-refractivity contribution is 0.696. The van der Waals surface area contributed by atoms with Gasteiger partial charge in [0.2, 0.25) is 0 Å². The van der Waals surface area contributed by atoms with Crippen LogP contribution < -0.4 is 0 Å². The van der Waals surface area contributed by atoms with Crippen LogP contribution in [0.2, 0.25) is 0 Å². The topological polar surface area (TPSA) is 12.4 Å². The van der Waals surface area contributed by atoms with Crippen LogP contribution in [-0.2, 0) is 0 Å². The van der Waals surface area contributed by atoms with Crippen molar-refractivity contribution in [3.05, 3.63) is 0 Å². The third-order valence-electron chi connectivity index (χ3n) is 2.38. The van der Waals surface area contributed by atoms with Crippen molar-refractivity contribution in [1.82, 2.24) is 0 Å². The number of rotatable bonds is 0. The summed E-state index contributed by atoms with van der Waals surface area (Å²) in [7, 11) is 0. The lowest BCUT2D eigenvalue weighted by Crippen LogP contribution is -1.98. The van der Waals surface area contributed by atoms with Crippen LogP contribution in [0.4, 0.5) is 0 Å². The summed E-state index contributed by atoms with van der Waals surface area (Å²) in [5, 5.41) is 0.822. The van der Waals surface area contributed by atoms with Gasteiger partial charge in [0.25, 0.3) is 0 Å². The second kappa shape index (κ2) is 1.13. The van der Waals surface area contributed by atoms with E-state index in [1.807, 2.05) is 17.3 Å². The molecule has 0 radical (unpaired) electrons. The molecule has 1 aliphatic heterocycles. The molecule has 1 nitrogen and oxygen atoms in total. The number of hydrogen-bond acceptors (Lipinski definition) is 2. The monoisotopic (exact) mass is 127 g/mol. The van der Waals surface area contributed by atoms with E-state index >= 15 is 0 Å². The van der Waals surface area contributed by atoms with Crippen LogP contribution in [0.5, 0.6) is 0 Å². The van der Waals surface area contributed by atoms with E-state index in [0.717, 1.165) is 11.2 Å². The number of thioether (sulfide) groups is 1. The Hall–Kier alpha value is 0.0200. The highest BCUT2D eigenvalue weighted by molar-refractivity contribution is 8.13. The smallest absolute Gasteiger partial charge is 0.0748 e. The zero-order chi connectivity index (χ0) is 5.78. The Labute approximate surface area is 53.6 Å². The van der Waals surface area contributed by atoms with E-state index in [-0.39, 0.29) is 0 Å². The van der Waals surface area contributed by atoms with Crippen molar-refractivity contribution >= 4 is 17.3 Å². The van der Waals surface area contributed by atoms with Gasteiger partial charge in [-0.2, -0.15) is 0 Å². The van der Waals surface area contributed by atoms with Gasteiger partial charge in [-0.1, -0.05) is 6.92 Å². The lowest BCUT2D eigenvalue weighted by atomic mass is 10.3. The highest BCUT2D eigenvalue weighted by atomic mass is 32.2. The first-order chi connectivity index (χ1) is 3.75. The molecule has 0 aromatic heterocycles. The first kappa shape index (κ1) is 4.86. The molecular weight excluding hydrogens is 118 g/mol. The maximum absolute atomic E-state index is 4.36. The maximum Gasteiger partial charge on any atom is 0.0748 e. The van der Waals surface area contributed by atoms with Crippen LogP contribution in [0.15, 0.2) is 4.99 Å². The maximum atomic E-state index is 4.36. The molecule has 0 N–H and O–H groups in total. The van der Waals surface area contributed by atoms with Crippen molar-refractivity contribution in [2.24, 2.45) is 10.9 Å². The highest BCUT2D eigenvalue weighted by Crippen LogP contribution is 2.57. The predicted molar refractivity (Wildman–Crippen MR) is 37.4 cm³/mol. The van der Waals surface area contributed by atoms with Gasteiger partial charge in [-0.05, 0) is 12.8 Å². The molecule has 0 aromatic carbocycles. The molecule has 0 aromatic rings. The highest BCUT2D eigenvalue weighted by Gasteiger charge is 2.61. The third-order valence-corrected chi connectivity index (χ3v) is 3.79. The predicted octanol–water partition coefficient (Wildman–Crippen LogP) is 1.54. The number of nitrogens with zero attached hydrogens (tertiary/aromatic N) is 1. The van der Waals surface area contributed by atoms with Gasteiger partial charge in [0, 0.05) is 5.25 Å². The van der Waals surface area contributed by atoms with Crippen LogP contribution in [0.1, 0.15) is 13.8 Å². The van der Waals surface area contributed by atoms with Crippen LogP contribution in [0, 0.1) is 5.92 Å². The van der Waals surface area contributed by atoms with Crippen molar-refractivity contribution in [2.45, 2.75) is 24.6 Å². The molecule has 2 rings (SSSR count). The van der Waals surface area contributed by atoms with Crippen molar-refractivity contribution in [3.8, 4) is 0 Å². The molecule has 0 bridgehead atoms. The summed E-state index contributed by atoms with van der Waals surface area (Å²) in [6.45, 7) is 4.51. The van der Waals surface area contributed by atoms with E-state index in [0.29, 0.717) is 5.54 Å². The third kappa shape index (κ3) is 0.343. The summed E-state index contributed by atoms with van der Waals surface area (Å²) in [6.07, 6.45) is 0. The SMILES string of the molecule is CC1C2SC=N[C@@]12C. The molecule has 1 aliphatic carbocycles. The molecule has 2 unspecified atom stereocenters. The normalized spacial score (nSPS) is 58.8. The number of aliphatic imine (C=N–C) groups is 1. The van der Waals surface area contributed by atoms with Gasteiger partial charge >= 0.3 is 0 Å². The summed E-state index contributed by atoms with van der Waals surface area (Å²) in [6, 6.07) is 0. The second-order valence-electron chi connectivity index (χ2n) is 2.81. The minimum absolute atomic E-state index is 0.352. The lowest BCUT2D eigenvalue weighted by Gasteiger charge is -1.94. The summed E-state index contributed by atoms with van der Waals surface area (Å²) >= 11 is 1.89. The zero-order valence-corrected chi connectivity index (χ0v) is 5.90. The van der Waals surface area contributed by atoms with Crippen LogP contribution in [0.25, 0.3) is 0 Å². The quantitative estimate of drug-likeness (QED) is 0.481. The van der Waals surface area contributed by atoms with Crippen LogP contribution >= 0.6 is 11.8 Å². The summed E-state index contributed by atoms with van der Waals surface area (Å²) < 4.78 is 0. The number of fused-ring (bicyclic) bond motifs is 1. The van der Waals surface area contributed by atoms with Crippen LogP contribution in [0.3, 0.4) is 0 Å². The molecule has 1 heterocycles. The minimum Gasteiger partial charge on any atom is -0.278 e. The van der Waals surface area contributed by atoms with E-state index in [1.165, 1.54) is 0 Å². The molecule has 2 aliphatic rings. The molecule has 2 heteroatoms. The molecule has 0 amide bonds. The van der Waals surface area contributed by atoms with Crippen molar-refractivity contribution < 1.29 is 0 Å². The van der Waals surface area contributed by atoms with E-state index in [1.54, 1.807) is 0 Å². The Bertz CT molecular complexity index is 155. The van der Waals surface area contributed by atoms with E-state index in [2.05, 4.69) is 18.8 Å². The summed E-state index contributed by atoms with van der Waals surface area (Å²) in [5.41, 5.74) is 2.34. The molecule has 1 saturated carbocycles. The van der Waals surface area contributed by atoms with E-state index in [4.69, 9.17) is 0 Å². The van der Waals surface area contributed by atoms with E-state index < -0.39 is 0 Å². The minimum atomic E-state index is 0.352. The first-order valence-electron chi connectivity index (χ1n) is 2.94. The Kier molecular flexibility index (Phi) is 0.685. The Morgan fingerprint density at radius 1 is 1.75 bits per heavy atom. The van der Waals surface area contributed by atoms with Crippen molar-refractivity contribution in [3.63, 3.8) is 0 Å². The Balaban J connectivity index is 2.29. The molecular formula is C6H9NS. The Morgan fingerprint density at radius 2 is 2.50 bits per heavy atom. The van der Waals surface area contributed by atoms with Gasteiger partial charge < -0.3 is 0 Å². The van der Waals surface area contributed by atoms with Gasteiger partial charge in [-0.15, -0.1) is 11.8 Å². The largest absolute Gasteiger partial charge is 0.278 e. The van der Waals surface area contributed by atoms with Gasteiger partial charge in [0.15, 0.2) is 0 Å². The van der Waals surface area contributed by atoms with Crippen molar-refractivity contribution in [2.75, 3.05) is 0 Å². The average Bonchev–Trinajstić information content (AvgIpc) is 2.23. The molecule has 3 atom stereocenters. The fraction of sp³-hybridized carbons (Fsp3) is 0.833. The zero-order valence-electron chi connectivity index (χ0n) is 5.09. The number of hydrogen-bond donors (Lipinski definition) is 0. The van der Waals surface area contributed by atoms with Gasteiger partial charge in [0.1, 0.15) is 0 Å². The Morgan fingerprint density at radius 3 is 2.75 bits per heavy atom. The standard InChI is InChI=1S/C6H9NS/c1-4-5-6(4,2)7-3-8-5/h3-5H,1-2H3/t4?,5?,6-/m0/s1. The van der Waals surface area contributed by atoms with E-state index in [9.17, 15) is 0 Å². The van der Waals surface area contributed by atoms with Gasteiger partial charge in [0.05, 0.1) is 11.1 Å². The molecule has 44 valence electrons. The molecule has 0 saturated heterocycles. The summed E-state index contributed by atoms with van der Waals surface area (Å²) in [5.74, 6) is 0.831. The average molecular weight is 127 g/mol. The second-order valence-corrected chi connectivity index (χ2v) is 3.80. The fourth-order valence-corrected chi connectivity index (χ4v) is 2.72. The van der Waals surface area contributed by atoms with Crippen LogP contribution in [-0.4, -0.2) is 16.3 Å².